The van der Waals surface area contributed by atoms with E-state index in [1.807, 2.05) is 42.2 Å². The van der Waals surface area contributed by atoms with E-state index in [0.717, 1.165) is 31.4 Å². The molecular weight excluding hydrogens is 314 g/mol. The summed E-state index contributed by atoms with van der Waals surface area (Å²) in [5.41, 5.74) is 7.31. The van der Waals surface area contributed by atoms with Crippen LogP contribution in [0.3, 0.4) is 0 Å². The van der Waals surface area contributed by atoms with Crippen molar-refractivity contribution < 1.29 is 9.21 Å². The minimum absolute atomic E-state index is 0. The Bertz CT molecular complexity index is 657. The van der Waals surface area contributed by atoms with Crippen LogP contribution in [-0.2, 0) is 0 Å². The number of piperidine rings is 1. The fourth-order valence-corrected chi connectivity index (χ4v) is 2.94. The number of hydrogen-bond donors (Lipinski definition) is 1. The van der Waals surface area contributed by atoms with Gasteiger partial charge in [0.2, 0.25) is 11.7 Å². The van der Waals surface area contributed by atoms with Gasteiger partial charge in [-0.25, -0.2) is 4.98 Å². The maximum Gasteiger partial charge on any atom is 0.291 e. The molecule has 1 aliphatic heterocycles. The van der Waals surface area contributed by atoms with E-state index in [1.54, 1.807) is 0 Å². The second kappa shape index (κ2) is 7.62. The molecule has 6 heteroatoms. The van der Waals surface area contributed by atoms with Crippen LogP contribution in [0.1, 0.15) is 35.5 Å². The minimum atomic E-state index is -0.0951. The van der Waals surface area contributed by atoms with Crippen molar-refractivity contribution in [3.8, 4) is 11.5 Å². The van der Waals surface area contributed by atoms with E-state index in [-0.39, 0.29) is 24.4 Å². The number of aromatic nitrogens is 1. The van der Waals surface area contributed by atoms with Crippen LogP contribution in [0.15, 0.2) is 34.7 Å². The monoisotopic (exact) mass is 335 g/mol. The van der Waals surface area contributed by atoms with Crippen molar-refractivity contribution in [2.45, 2.75) is 32.2 Å². The third kappa shape index (κ3) is 3.57. The molecule has 1 aromatic carbocycles. The first-order chi connectivity index (χ1) is 10.7. The molecule has 0 spiro atoms. The van der Waals surface area contributed by atoms with Gasteiger partial charge >= 0.3 is 0 Å². The summed E-state index contributed by atoms with van der Waals surface area (Å²) in [5, 5.41) is 0. The Morgan fingerprint density at radius 1 is 1.35 bits per heavy atom. The van der Waals surface area contributed by atoms with Crippen molar-refractivity contribution >= 4 is 18.3 Å². The number of carbonyl (C=O) groups excluding carboxylic acids is 1. The van der Waals surface area contributed by atoms with Crippen LogP contribution in [-0.4, -0.2) is 34.9 Å². The Balaban J connectivity index is 0.00000192. The van der Waals surface area contributed by atoms with Gasteiger partial charge in [-0.05, 0) is 38.3 Å². The number of rotatable bonds is 3. The number of aryl methyl sites for hydroxylation is 1. The molecule has 124 valence electrons. The van der Waals surface area contributed by atoms with E-state index in [9.17, 15) is 4.79 Å². The van der Waals surface area contributed by atoms with Crippen molar-refractivity contribution in [1.29, 1.82) is 0 Å². The molecule has 0 saturated carbocycles. The van der Waals surface area contributed by atoms with Gasteiger partial charge in [-0.1, -0.05) is 18.2 Å². The van der Waals surface area contributed by atoms with Crippen LogP contribution in [0, 0.1) is 6.92 Å². The Kier molecular flexibility index (Phi) is 5.80. The van der Waals surface area contributed by atoms with Gasteiger partial charge in [0.1, 0.15) is 0 Å². The van der Waals surface area contributed by atoms with Gasteiger partial charge in [0.25, 0.3) is 5.91 Å². The van der Waals surface area contributed by atoms with Gasteiger partial charge in [-0.2, -0.15) is 0 Å². The Hall–Kier alpha value is -1.85. The third-order valence-electron chi connectivity index (χ3n) is 4.17. The number of likely N-dealkylation sites (tertiary alicyclic amines) is 1. The van der Waals surface area contributed by atoms with Crippen LogP contribution in [0.5, 0.6) is 0 Å². The van der Waals surface area contributed by atoms with E-state index in [0.29, 0.717) is 23.9 Å². The second-order valence-corrected chi connectivity index (χ2v) is 5.68. The maximum atomic E-state index is 12.8. The first-order valence-electron chi connectivity index (χ1n) is 7.74. The van der Waals surface area contributed by atoms with E-state index in [2.05, 4.69) is 4.98 Å². The van der Waals surface area contributed by atoms with Crippen LogP contribution in [0.2, 0.25) is 0 Å². The van der Waals surface area contributed by atoms with Gasteiger partial charge in [0.05, 0.1) is 5.69 Å². The molecule has 2 heterocycles. The molecule has 1 fully saturated rings. The molecule has 1 aromatic heterocycles. The van der Waals surface area contributed by atoms with Crippen molar-refractivity contribution in [1.82, 2.24) is 9.88 Å². The molecule has 3 rings (SSSR count). The minimum Gasteiger partial charge on any atom is -0.431 e. The molecule has 5 nitrogen and oxygen atoms in total. The fourth-order valence-electron chi connectivity index (χ4n) is 2.94. The predicted molar refractivity (Wildman–Crippen MR) is 91.7 cm³/mol. The lowest BCUT2D eigenvalue weighted by Crippen LogP contribution is -2.47. The summed E-state index contributed by atoms with van der Waals surface area (Å²) < 4.78 is 5.77. The van der Waals surface area contributed by atoms with E-state index in [4.69, 9.17) is 10.2 Å². The summed E-state index contributed by atoms with van der Waals surface area (Å²) in [5.74, 6) is 0.726. The normalized spacial score (nSPS) is 17.7. The molecule has 0 bridgehead atoms. The van der Waals surface area contributed by atoms with Crippen LogP contribution in [0.25, 0.3) is 11.5 Å². The van der Waals surface area contributed by atoms with Crippen molar-refractivity contribution in [3.63, 3.8) is 0 Å². The van der Waals surface area contributed by atoms with Crippen LogP contribution in [0.4, 0.5) is 0 Å². The molecule has 0 radical (unpaired) electrons. The molecule has 1 unspecified atom stereocenters. The smallest absolute Gasteiger partial charge is 0.291 e. The molecule has 1 amide bonds. The van der Waals surface area contributed by atoms with Crippen molar-refractivity contribution in [2.24, 2.45) is 5.73 Å². The summed E-state index contributed by atoms with van der Waals surface area (Å²) in [7, 11) is 0. The number of nitrogens with zero attached hydrogens (tertiary/aromatic N) is 2. The first-order valence-corrected chi connectivity index (χ1v) is 7.74. The summed E-state index contributed by atoms with van der Waals surface area (Å²) in [6.07, 6.45) is 3.10. The first kappa shape index (κ1) is 17.5. The molecule has 0 aliphatic carbocycles. The lowest BCUT2D eigenvalue weighted by atomic mass is 10.0. The van der Waals surface area contributed by atoms with Gasteiger partial charge in [0, 0.05) is 24.7 Å². The summed E-state index contributed by atoms with van der Waals surface area (Å²) in [6.45, 7) is 3.04. The molecule has 23 heavy (non-hydrogen) atoms. The number of carbonyl (C=O) groups is 1. The Morgan fingerprint density at radius 2 is 2.09 bits per heavy atom. The molecule has 2 N–H and O–H groups in total. The average Bonchev–Trinajstić information content (AvgIpc) is 2.97. The quantitative estimate of drug-likeness (QED) is 0.935. The zero-order chi connectivity index (χ0) is 15.5. The molecule has 1 saturated heterocycles. The van der Waals surface area contributed by atoms with Crippen LogP contribution < -0.4 is 5.73 Å². The number of nitrogens with two attached hydrogens (primary N) is 1. The average molecular weight is 336 g/mol. The zero-order valence-corrected chi connectivity index (χ0v) is 14.0. The van der Waals surface area contributed by atoms with Gasteiger partial charge in [-0.3, -0.25) is 4.79 Å². The van der Waals surface area contributed by atoms with Crippen molar-refractivity contribution in [3.05, 3.63) is 41.8 Å². The highest BCUT2D eigenvalue weighted by molar-refractivity contribution is 5.93. The van der Waals surface area contributed by atoms with E-state index >= 15 is 0 Å². The lowest BCUT2D eigenvalue weighted by Gasteiger charge is -2.34. The highest BCUT2D eigenvalue weighted by atomic mass is 35.5. The highest BCUT2D eigenvalue weighted by Gasteiger charge is 2.30. The summed E-state index contributed by atoms with van der Waals surface area (Å²) in [6, 6.07) is 9.72. The highest BCUT2D eigenvalue weighted by Crippen LogP contribution is 2.25. The predicted octanol–water partition coefficient (Wildman–Crippen LogP) is 3.03. The topological polar surface area (TPSA) is 72.4 Å². The summed E-state index contributed by atoms with van der Waals surface area (Å²) in [4.78, 5) is 19.0. The SMILES string of the molecule is Cc1nc(-c2ccccc2)oc1C(=O)N1CCCCC1CN.Cl. The molecule has 2 aromatic rings. The summed E-state index contributed by atoms with van der Waals surface area (Å²) >= 11 is 0. The van der Waals surface area contributed by atoms with Gasteiger partial charge in [-0.15, -0.1) is 12.4 Å². The number of amides is 1. The fraction of sp³-hybridized carbons (Fsp3) is 0.412. The number of hydrogen-bond acceptors (Lipinski definition) is 4. The van der Waals surface area contributed by atoms with Crippen LogP contribution >= 0.6 is 12.4 Å². The molecular formula is C17H22ClN3O2. The number of benzene rings is 1. The molecule has 1 atom stereocenters. The standard InChI is InChI=1S/C17H21N3O2.ClH/c1-12-15(17(21)20-10-6-5-9-14(20)11-18)22-16(19-12)13-7-3-2-4-8-13;/h2-4,7-8,14H,5-6,9-11,18H2,1H3;1H. The lowest BCUT2D eigenvalue weighted by molar-refractivity contribution is 0.0590. The third-order valence-corrected chi connectivity index (χ3v) is 4.17. The zero-order valence-electron chi connectivity index (χ0n) is 13.2. The number of halogens is 1. The number of oxazole rings is 1. The Morgan fingerprint density at radius 3 is 2.78 bits per heavy atom. The van der Waals surface area contributed by atoms with Gasteiger partial charge < -0.3 is 15.1 Å². The van der Waals surface area contributed by atoms with Crippen molar-refractivity contribution in [2.75, 3.05) is 13.1 Å². The van der Waals surface area contributed by atoms with Gasteiger partial charge in [0.15, 0.2) is 0 Å². The largest absolute Gasteiger partial charge is 0.431 e. The van der Waals surface area contributed by atoms with E-state index < -0.39 is 0 Å². The van der Waals surface area contributed by atoms with E-state index in [1.165, 1.54) is 0 Å². The maximum absolute atomic E-state index is 12.8. The second-order valence-electron chi connectivity index (χ2n) is 5.68. The Labute approximate surface area is 142 Å². The molecule has 1 aliphatic rings.